The highest BCUT2D eigenvalue weighted by Gasteiger charge is 2.33. The maximum absolute atomic E-state index is 13.2. The molecule has 2 amide bonds. The molecule has 0 aliphatic carbocycles. The van der Waals surface area contributed by atoms with Crippen molar-refractivity contribution in [3.63, 3.8) is 0 Å². The van der Waals surface area contributed by atoms with Gasteiger partial charge in [0.05, 0.1) is 17.6 Å². The molecular weight excluding hydrogens is 394 g/mol. The molecule has 1 atom stereocenters. The van der Waals surface area contributed by atoms with Gasteiger partial charge in [-0.3, -0.25) is 14.5 Å². The first-order chi connectivity index (χ1) is 15.0. The number of hydrogen-bond acceptors (Lipinski definition) is 5. The number of carbonyl (C=O) groups excluding carboxylic acids is 2. The number of pyridine rings is 1. The molecular formula is C23H25N5O3. The number of rotatable bonds is 6. The maximum atomic E-state index is 13.2. The van der Waals surface area contributed by atoms with Crippen molar-refractivity contribution in [2.45, 2.75) is 39.2 Å². The van der Waals surface area contributed by atoms with Gasteiger partial charge in [0.15, 0.2) is 11.9 Å². The van der Waals surface area contributed by atoms with Crippen LogP contribution in [0.2, 0.25) is 0 Å². The van der Waals surface area contributed by atoms with E-state index in [1.807, 2.05) is 48.3 Å². The van der Waals surface area contributed by atoms with Gasteiger partial charge in [-0.25, -0.2) is 9.67 Å². The average Bonchev–Trinajstić information content (AvgIpc) is 3.27. The molecule has 0 fully saturated rings. The third-order valence-electron chi connectivity index (χ3n) is 5.18. The highest BCUT2D eigenvalue weighted by atomic mass is 16.5. The zero-order chi connectivity index (χ0) is 22.0. The lowest BCUT2D eigenvalue weighted by molar-refractivity contribution is -0.127. The predicted molar refractivity (Wildman–Crippen MR) is 118 cm³/mol. The molecule has 1 aliphatic heterocycles. The standard InChI is InChI=1S/C23H25N5O3/c1-4-20(23(30)27-14-21(29)26-19-6-5-11-24-22(19)27)31-18-9-7-17(8-10-18)28-13-16(12-25-28)15(2)3/h5-13,15,20H,4,14H2,1-3H3,(H,26,29). The van der Waals surface area contributed by atoms with E-state index in [1.54, 1.807) is 18.3 Å². The largest absolute Gasteiger partial charge is 0.481 e. The van der Waals surface area contributed by atoms with Crippen molar-refractivity contribution in [3.8, 4) is 11.4 Å². The molecule has 0 radical (unpaired) electrons. The molecule has 31 heavy (non-hydrogen) atoms. The summed E-state index contributed by atoms with van der Waals surface area (Å²) in [4.78, 5) is 30.9. The van der Waals surface area contributed by atoms with Gasteiger partial charge in [-0.05, 0) is 54.3 Å². The minimum absolute atomic E-state index is 0.0842. The molecule has 0 saturated heterocycles. The van der Waals surface area contributed by atoms with Gasteiger partial charge in [0.25, 0.3) is 5.91 Å². The Morgan fingerprint density at radius 3 is 2.68 bits per heavy atom. The molecule has 3 heterocycles. The predicted octanol–water partition coefficient (Wildman–Crippen LogP) is 3.53. The summed E-state index contributed by atoms with van der Waals surface area (Å²) >= 11 is 0. The van der Waals surface area contributed by atoms with Gasteiger partial charge in [0.2, 0.25) is 5.91 Å². The Balaban J connectivity index is 1.50. The minimum atomic E-state index is -0.733. The second-order valence-electron chi connectivity index (χ2n) is 7.73. The Kier molecular flexibility index (Phi) is 5.70. The number of hydrogen-bond donors (Lipinski definition) is 1. The molecule has 0 bridgehead atoms. The van der Waals surface area contributed by atoms with Crippen LogP contribution in [0, 0.1) is 0 Å². The Hall–Kier alpha value is -3.68. The third-order valence-corrected chi connectivity index (χ3v) is 5.18. The molecule has 0 spiro atoms. The Morgan fingerprint density at radius 2 is 2.00 bits per heavy atom. The van der Waals surface area contributed by atoms with Crippen LogP contribution in [0.25, 0.3) is 5.69 Å². The summed E-state index contributed by atoms with van der Waals surface area (Å²) < 4.78 is 7.80. The molecule has 8 heteroatoms. The summed E-state index contributed by atoms with van der Waals surface area (Å²) in [5.74, 6) is 0.860. The van der Waals surface area contributed by atoms with Crippen LogP contribution in [-0.2, 0) is 9.59 Å². The van der Waals surface area contributed by atoms with E-state index in [1.165, 1.54) is 4.90 Å². The zero-order valence-electron chi connectivity index (χ0n) is 17.8. The molecule has 2 aromatic heterocycles. The van der Waals surface area contributed by atoms with E-state index < -0.39 is 6.10 Å². The van der Waals surface area contributed by atoms with E-state index in [0.29, 0.717) is 29.6 Å². The van der Waals surface area contributed by atoms with Crippen molar-refractivity contribution in [3.05, 3.63) is 60.6 Å². The van der Waals surface area contributed by atoms with E-state index in [2.05, 4.69) is 29.2 Å². The van der Waals surface area contributed by atoms with Crippen molar-refractivity contribution >= 4 is 23.3 Å². The molecule has 0 saturated carbocycles. The van der Waals surface area contributed by atoms with Gasteiger partial charge in [-0.15, -0.1) is 0 Å². The van der Waals surface area contributed by atoms with Gasteiger partial charge in [0, 0.05) is 12.4 Å². The van der Waals surface area contributed by atoms with Gasteiger partial charge >= 0.3 is 0 Å². The quantitative estimate of drug-likeness (QED) is 0.660. The number of fused-ring (bicyclic) bond motifs is 1. The van der Waals surface area contributed by atoms with Crippen molar-refractivity contribution < 1.29 is 14.3 Å². The first-order valence-electron chi connectivity index (χ1n) is 10.3. The number of aromatic nitrogens is 3. The van der Waals surface area contributed by atoms with Crippen LogP contribution in [0.3, 0.4) is 0 Å². The van der Waals surface area contributed by atoms with E-state index >= 15 is 0 Å². The van der Waals surface area contributed by atoms with Crippen LogP contribution in [0.4, 0.5) is 11.5 Å². The molecule has 4 rings (SSSR count). The second kappa shape index (κ2) is 8.59. The zero-order valence-corrected chi connectivity index (χ0v) is 17.8. The second-order valence-corrected chi connectivity index (χ2v) is 7.73. The number of carbonyl (C=O) groups is 2. The Bertz CT molecular complexity index is 1090. The molecule has 1 aromatic carbocycles. The smallest absolute Gasteiger partial charge is 0.269 e. The van der Waals surface area contributed by atoms with Crippen LogP contribution in [0.1, 0.15) is 38.7 Å². The van der Waals surface area contributed by atoms with Crippen molar-refractivity contribution in [1.82, 2.24) is 14.8 Å². The van der Waals surface area contributed by atoms with Crippen LogP contribution >= 0.6 is 0 Å². The van der Waals surface area contributed by atoms with Gasteiger partial charge in [-0.2, -0.15) is 5.10 Å². The monoisotopic (exact) mass is 419 g/mol. The van der Waals surface area contributed by atoms with Crippen molar-refractivity contribution in [2.24, 2.45) is 0 Å². The fourth-order valence-corrected chi connectivity index (χ4v) is 3.40. The minimum Gasteiger partial charge on any atom is -0.481 e. The van der Waals surface area contributed by atoms with Gasteiger partial charge < -0.3 is 10.1 Å². The van der Waals surface area contributed by atoms with E-state index in [9.17, 15) is 9.59 Å². The highest BCUT2D eigenvalue weighted by molar-refractivity contribution is 6.10. The number of nitrogens with one attached hydrogen (secondary N) is 1. The number of ether oxygens (including phenoxy) is 1. The molecule has 1 N–H and O–H groups in total. The summed E-state index contributed by atoms with van der Waals surface area (Å²) in [6, 6.07) is 10.9. The van der Waals surface area contributed by atoms with Crippen LogP contribution in [-0.4, -0.2) is 39.2 Å². The molecule has 1 unspecified atom stereocenters. The lowest BCUT2D eigenvalue weighted by atomic mass is 10.1. The molecule has 160 valence electrons. The SMILES string of the molecule is CCC(Oc1ccc(-n2cc(C(C)C)cn2)cc1)C(=O)N1CC(=O)Nc2cccnc21. The normalized spacial score (nSPS) is 14.2. The fraction of sp³-hybridized carbons (Fsp3) is 0.304. The number of anilines is 2. The number of nitrogens with zero attached hydrogens (tertiary/aromatic N) is 4. The topological polar surface area (TPSA) is 89.4 Å². The summed E-state index contributed by atoms with van der Waals surface area (Å²) in [6.07, 6.45) is 5.19. The third kappa shape index (κ3) is 4.28. The molecule has 8 nitrogen and oxygen atoms in total. The van der Waals surface area contributed by atoms with E-state index in [-0.39, 0.29) is 18.4 Å². The first-order valence-corrected chi connectivity index (χ1v) is 10.3. The highest BCUT2D eigenvalue weighted by Crippen LogP contribution is 2.28. The Labute approximate surface area is 180 Å². The van der Waals surface area contributed by atoms with Crippen molar-refractivity contribution in [2.75, 3.05) is 16.8 Å². The lowest BCUT2D eigenvalue weighted by Gasteiger charge is -2.30. The lowest BCUT2D eigenvalue weighted by Crippen LogP contribution is -2.48. The first kappa shape index (κ1) is 20.6. The number of amides is 2. The van der Waals surface area contributed by atoms with Gasteiger partial charge in [0.1, 0.15) is 12.3 Å². The maximum Gasteiger partial charge on any atom is 0.269 e. The van der Waals surface area contributed by atoms with Crippen LogP contribution < -0.4 is 15.0 Å². The van der Waals surface area contributed by atoms with E-state index in [0.717, 1.165) is 11.3 Å². The molecule has 3 aromatic rings. The summed E-state index contributed by atoms with van der Waals surface area (Å²) in [5.41, 5.74) is 2.59. The van der Waals surface area contributed by atoms with E-state index in [4.69, 9.17) is 4.74 Å². The summed E-state index contributed by atoms with van der Waals surface area (Å²) in [5, 5.41) is 7.14. The Morgan fingerprint density at radius 1 is 1.23 bits per heavy atom. The van der Waals surface area contributed by atoms with Crippen LogP contribution in [0.5, 0.6) is 5.75 Å². The molecule has 1 aliphatic rings. The summed E-state index contributed by atoms with van der Waals surface area (Å²) in [7, 11) is 0. The fourth-order valence-electron chi connectivity index (χ4n) is 3.40. The van der Waals surface area contributed by atoms with Gasteiger partial charge in [-0.1, -0.05) is 20.8 Å². The average molecular weight is 419 g/mol. The van der Waals surface area contributed by atoms with Crippen LogP contribution in [0.15, 0.2) is 55.0 Å². The van der Waals surface area contributed by atoms with Crippen molar-refractivity contribution in [1.29, 1.82) is 0 Å². The summed E-state index contributed by atoms with van der Waals surface area (Å²) in [6.45, 7) is 6.04. The number of benzene rings is 1.